The van der Waals surface area contributed by atoms with E-state index in [1.165, 1.54) is 5.56 Å². The molecule has 1 aromatic rings. The van der Waals surface area contributed by atoms with Gasteiger partial charge in [0.1, 0.15) is 5.54 Å². The Morgan fingerprint density at radius 1 is 1.30 bits per heavy atom. The van der Waals surface area contributed by atoms with Gasteiger partial charge in [-0.2, -0.15) is 0 Å². The van der Waals surface area contributed by atoms with Crippen molar-refractivity contribution in [3.8, 4) is 0 Å². The molecule has 2 fully saturated rings. The second-order valence-electron chi connectivity index (χ2n) is 5.99. The van der Waals surface area contributed by atoms with E-state index < -0.39 is 5.54 Å². The summed E-state index contributed by atoms with van der Waals surface area (Å²) in [5.41, 5.74) is 0.770. The number of fused-ring (bicyclic) bond motifs is 1. The number of hydrogen-bond acceptors (Lipinski definition) is 3. The molecule has 0 spiro atoms. The first kappa shape index (κ1) is 13.6. The van der Waals surface area contributed by atoms with Crippen LogP contribution in [0.1, 0.15) is 25.3 Å². The summed E-state index contributed by atoms with van der Waals surface area (Å²) in [7, 11) is 1.91. The normalized spacial score (nSPS) is 30.6. The van der Waals surface area contributed by atoms with Crippen molar-refractivity contribution in [1.29, 1.82) is 0 Å². The Morgan fingerprint density at radius 3 is 2.75 bits per heavy atom. The predicted octanol–water partition coefficient (Wildman–Crippen LogP) is 1.43. The van der Waals surface area contributed by atoms with Gasteiger partial charge in [0.25, 0.3) is 5.91 Å². The first-order valence-corrected chi connectivity index (χ1v) is 7.48. The van der Waals surface area contributed by atoms with Crippen molar-refractivity contribution in [1.82, 2.24) is 15.3 Å². The van der Waals surface area contributed by atoms with E-state index in [0.717, 1.165) is 32.4 Å². The van der Waals surface area contributed by atoms with Gasteiger partial charge in [0.2, 0.25) is 0 Å². The van der Waals surface area contributed by atoms with Gasteiger partial charge in [-0.25, -0.2) is 5.01 Å². The third-order valence-electron chi connectivity index (χ3n) is 4.77. The van der Waals surface area contributed by atoms with Crippen molar-refractivity contribution in [2.24, 2.45) is 0 Å². The van der Waals surface area contributed by atoms with Crippen LogP contribution in [0.4, 0.5) is 0 Å². The van der Waals surface area contributed by atoms with E-state index in [-0.39, 0.29) is 5.91 Å². The molecule has 1 amide bonds. The van der Waals surface area contributed by atoms with Crippen LogP contribution in [0.5, 0.6) is 0 Å². The molecule has 108 valence electrons. The maximum absolute atomic E-state index is 13.0. The standard InChI is InChI=1S/C16H23N3O/c1-13-8-10-18-11-9-16(17-2,15(20)19(13)18)12-14-6-4-3-5-7-14/h3-7,13,17H,8-12H2,1-2H3/t13?,16-/m0/s1. The van der Waals surface area contributed by atoms with Crippen LogP contribution in [0.25, 0.3) is 0 Å². The van der Waals surface area contributed by atoms with Gasteiger partial charge in [0, 0.05) is 19.1 Å². The maximum Gasteiger partial charge on any atom is 0.257 e. The number of benzene rings is 1. The van der Waals surface area contributed by atoms with Crippen LogP contribution in [0.15, 0.2) is 30.3 Å². The van der Waals surface area contributed by atoms with Gasteiger partial charge in [-0.05, 0) is 38.8 Å². The third-order valence-corrected chi connectivity index (χ3v) is 4.77. The highest BCUT2D eigenvalue weighted by Crippen LogP contribution is 2.31. The van der Waals surface area contributed by atoms with Crippen LogP contribution in [0.2, 0.25) is 0 Å². The summed E-state index contributed by atoms with van der Waals surface area (Å²) in [5, 5.41) is 7.54. The lowest BCUT2D eigenvalue weighted by molar-refractivity contribution is -0.163. The lowest BCUT2D eigenvalue weighted by Crippen LogP contribution is -2.66. The highest BCUT2D eigenvalue weighted by molar-refractivity contribution is 5.87. The van der Waals surface area contributed by atoms with Gasteiger partial charge in [-0.3, -0.25) is 9.80 Å². The molecule has 0 radical (unpaired) electrons. The molecule has 0 saturated carbocycles. The number of nitrogens with zero attached hydrogens (tertiary/aromatic N) is 2. The van der Waals surface area contributed by atoms with Crippen LogP contribution in [-0.2, 0) is 11.2 Å². The first-order valence-electron chi connectivity index (χ1n) is 7.48. The van der Waals surface area contributed by atoms with Crippen molar-refractivity contribution in [3.05, 3.63) is 35.9 Å². The van der Waals surface area contributed by atoms with E-state index in [9.17, 15) is 4.79 Å². The quantitative estimate of drug-likeness (QED) is 0.905. The van der Waals surface area contributed by atoms with Crippen LogP contribution in [0, 0.1) is 0 Å². The summed E-state index contributed by atoms with van der Waals surface area (Å²) in [4.78, 5) is 13.0. The van der Waals surface area contributed by atoms with Gasteiger partial charge in [0.15, 0.2) is 0 Å². The summed E-state index contributed by atoms with van der Waals surface area (Å²) in [6.45, 7) is 4.12. The van der Waals surface area contributed by atoms with Crippen molar-refractivity contribution in [2.75, 3.05) is 20.1 Å². The molecule has 1 unspecified atom stereocenters. The zero-order valence-corrected chi connectivity index (χ0v) is 12.3. The van der Waals surface area contributed by atoms with E-state index in [1.807, 2.05) is 30.3 Å². The Kier molecular flexibility index (Phi) is 3.52. The summed E-state index contributed by atoms with van der Waals surface area (Å²) in [5.74, 6) is 0.236. The SMILES string of the molecule is CN[C@]1(Cc2ccccc2)CCN2CCC(C)N2C1=O. The topological polar surface area (TPSA) is 35.6 Å². The Balaban J connectivity index is 1.87. The Bertz CT molecular complexity index is 490. The van der Waals surface area contributed by atoms with E-state index in [0.29, 0.717) is 6.04 Å². The predicted molar refractivity (Wildman–Crippen MR) is 79.1 cm³/mol. The fourth-order valence-electron chi connectivity index (χ4n) is 3.47. The molecule has 2 atom stereocenters. The number of amides is 1. The third kappa shape index (κ3) is 2.13. The minimum atomic E-state index is -0.448. The molecule has 2 aliphatic heterocycles. The first-order chi connectivity index (χ1) is 9.66. The number of likely N-dealkylation sites (N-methyl/N-ethyl adjacent to an activating group) is 1. The summed E-state index contributed by atoms with van der Waals surface area (Å²) in [6.07, 6.45) is 2.72. The van der Waals surface area contributed by atoms with Gasteiger partial charge >= 0.3 is 0 Å². The minimum Gasteiger partial charge on any atom is -0.306 e. The molecule has 1 aromatic carbocycles. The number of nitrogens with one attached hydrogen (secondary N) is 1. The van der Waals surface area contributed by atoms with Gasteiger partial charge in [-0.15, -0.1) is 0 Å². The van der Waals surface area contributed by atoms with Gasteiger partial charge in [0.05, 0.1) is 0 Å². The molecule has 0 bridgehead atoms. The fourth-order valence-corrected chi connectivity index (χ4v) is 3.47. The molecule has 4 heteroatoms. The summed E-state index contributed by atoms with van der Waals surface area (Å²) < 4.78 is 0. The smallest absolute Gasteiger partial charge is 0.257 e. The highest BCUT2D eigenvalue weighted by atomic mass is 16.2. The second-order valence-corrected chi connectivity index (χ2v) is 5.99. The van der Waals surface area contributed by atoms with E-state index in [1.54, 1.807) is 0 Å². The largest absolute Gasteiger partial charge is 0.306 e. The van der Waals surface area contributed by atoms with Crippen LogP contribution < -0.4 is 5.32 Å². The molecule has 1 N–H and O–H groups in total. The average Bonchev–Trinajstić information content (AvgIpc) is 2.85. The molecule has 0 aliphatic carbocycles. The van der Waals surface area contributed by atoms with Crippen molar-refractivity contribution in [2.45, 2.75) is 37.8 Å². The fraction of sp³-hybridized carbons (Fsp3) is 0.562. The number of rotatable bonds is 3. The average molecular weight is 273 g/mol. The minimum absolute atomic E-state index is 0.236. The van der Waals surface area contributed by atoms with Crippen molar-refractivity contribution in [3.63, 3.8) is 0 Å². The second kappa shape index (κ2) is 5.19. The summed E-state index contributed by atoms with van der Waals surface area (Å²) in [6, 6.07) is 10.6. The van der Waals surface area contributed by atoms with E-state index >= 15 is 0 Å². The molecule has 2 heterocycles. The molecular formula is C16H23N3O. The Hall–Kier alpha value is -1.39. The number of hydrazine groups is 1. The molecule has 2 aliphatic rings. The molecule has 2 saturated heterocycles. The van der Waals surface area contributed by atoms with E-state index in [2.05, 4.69) is 29.4 Å². The van der Waals surface area contributed by atoms with Gasteiger partial charge in [-0.1, -0.05) is 30.3 Å². The van der Waals surface area contributed by atoms with Gasteiger partial charge < -0.3 is 5.32 Å². The monoisotopic (exact) mass is 273 g/mol. The zero-order valence-electron chi connectivity index (χ0n) is 12.3. The lowest BCUT2D eigenvalue weighted by Gasteiger charge is -2.46. The molecule has 4 nitrogen and oxygen atoms in total. The Labute approximate surface area is 120 Å². The summed E-state index contributed by atoms with van der Waals surface area (Å²) >= 11 is 0. The van der Waals surface area contributed by atoms with Crippen molar-refractivity contribution >= 4 is 5.91 Å². The van der Waals surface area contributed by atoms with Crippen LogP contribution in [0.3, 0.4) is 0 Å². The van der Waals surface area contributed by atoms with E-state index in [4.69, 9.17) is 0 Å². The van der Waals surface area contributed by atoms with Crippen molar-refractivity contribution < 1.29 is 4.79 Å². The molecular weight excluding hydrogens is 250 g/mol. The highest BCUT2D eigenvalue weighted by Gasteiger charge is 2.49. The number of carbonyl (C=O) groups excluding carboxylic acids is 1. The number of carbonyl (C=O) groups is 1. The zero-order chi connectivity index (χ0) is 14.2. The molecule has 20 heavy (non-hydrogen) atoms. The van der Waals surface area contributed by atoms with Crippen LogP contribution >= 0.6 is 0 Å². The molecule has 0 aromatic heterocycles. The maximum atomic E-state index is 13.0. The Morgan fingerprint density at radius 2 is 2.05 bits per heavy atom. The number of hydrogen-bond donors (Lipinski definition) is 1. The molecule has 3 rings (SSSR count). The van der Waals surface area contributed by atoms with Crippen LogP contribution in [-0.4, -0.2) is 47.6 Å². The lowest BCUT2D eigenvalue weighted by atomic mass is 9.85.